The summed E-state index contributed by atoms with van der Waals surface area (Å²) in [5, 5.41) is 8.52. The number of amides is 5. The van der Waals surface area contributed by atoms with E-state index in [2.05, 4.69) is 35.9 Å². The predicted octanol–water partition coefficient (Wildman–Crippen LogP) is 6.54. The first kappa shape index (κ1) is 43.4. The molecule has 1 fully saturated rings. The summed E-state index contributed by atoms with van der Waals surface area (Å²) in [7, 11) is 2.54. The van der Waals surface area contributed by atoms with Crippen molar-refractivity contribution in [1.29, 1.82) is 0 Å². The number of alkyl carbamates (subject to hydrolysis) is 2. The van der Waals surface area contributed by atoms with Crippen LogP contribution in [0.4, 0.5) is 15.3 Å². The van der Waals surface area contributed by atoms with Crippen molar-refractivity contribution < 1.29 is 33.4 Å². The summed E-state index contributed by atoms with van der Waals surface area (Å²) in [6.07, 6.45) is 5.74. The molecule has 0 aliphatic carbocycles. The van der Waals surface area contributed by atoms with Gasteiger partial charge in [0.1, 0.15) is 23.7 Å². The maximum Gasteiger partial charge on any atom is 0.407 e. The van der Waals surface area contributed by atoms with Crippen LogP contribution in [0.2, 0.25) is 0 Å². The number of fused-ring (bicyclic) bond motifs is 2. The van der Waals surface area contributed by atoms with Gasteiger partial charge in [-0.2, -0.15) is 0 Å². The predicted molar refractivity (Wildman–Crippen MR) is 226 cm³/mol. The normalized spacial score (nSPS) is 16.5. The van der Waals surface area contributed by atoms with Gasteiger partial charge in [0, 0.05) is 35.5 Å². The smallest absolute Gasteiger partial charge is 0.407 e. The number of aryl methyl sites for hydroxylation is 2. The SMILES string of the molecule is CCCN(C(=O)C(NC(=O)OC)C(C)C)C(C)c1ncc(-c2ccc3c(c2)NC(=O)c2cc(-c4cnc(C5CCCN5C(=O)C(NC(=O)OC)C(C)C)[nH]4)ccc2CC3)[nH]1. The van der Waals surface area contributed by atoms with Gasteiger partial charge < -0.3 is 45.2 Å². The van der Waals surface area contributed by atoms with Crippen LogP contribution in [0.25, 0.3) is 22.5 Å². The van der Waals surface area contributed by atoms with Crippen LogP contribution in [-0.2, 0) is 31.9 Å². The highest BCUT2D eigenvalue weighted by molar-refractivity contribution is 6.07. The zero-order chi connectivity index (χ0) is 43.2. The van der Waals surface area contributed by atoms with E-state index in [0.717, 1.165) is 46.5 Å². The van der Waals surface area contributed by atoms with E-state index >= 15 is 0 Å². The second-order valence-electron chi connectivity index (χ2n) is 16.2. The van der Waals surface area contributed by atoms with Crippen LogP contribution in [0.3, 0.4) is 0 Å². The number of anilines is 1. The molecule has 4 atom stereocenters. The minimum Gasteiger partial charge on any atom is -0.453 e. The number of ether oxygens (including phenoxy) is 2. The molecule has 2 aliphatic rings. The van der Waals surface area contributed by atoms with Gasteiger partial charge in [-0.05, 0) is 74.1 Å². The van der Waals surface area contributed by atoms with E-state index in [1.54, 1.807) is 22.2 Å². The number of nitrogens with zero attached hydrogens (tertiary/aromatic N) is 4. The van der Waals surface area contributed by atoms with Crippen LogP contribution >= 0.6 is 0 Å². The standard InChI is InChI=1S/C44H57N9O7/c1-9-18-52(41(55)36(24(2)3)50-43(57)59-7)26(6)38-45-22-34(47-38)30-17-15-28-14-12-27-13-16-29(20-31(27)40(54)49-32(28)21-30)33-23-46-39(48-33)35-11-10-19-53(35)42(56)37(25(4)5)51-44(58)60-8/h13,15-17,20-26,35-37H,9-12,14,18-19H2,1-8H3,(H,45,47)(H,46,48)(H,49,54)(H,50,57)(H,51,58). The van der Waals surface area contributed by atoms with Crippen molar-refractivity contribution >= 4 is 35.6 Å². The molecular weight excluding hydrogens is 767 g/mol. The van der Waals surface area contributed by atoms with Crippen molar-refractivity contribution in [2.24, 2.45) is 11.8 Å². The van der Waals surface area contributed by atoms with Crippen molar-refractivity contribution in [3.8, 4) is 22.5 Å². The Morgan fingerprint density at radius 3 is 2.13 bits per heavy atom. The third-order valence-electron chi connectivity index (χ3n) is 11.4. The molecule has 1 saturated heterocycles. The number of benzene rings is 2. The molecule has 0 spiro atoms. The number of likely N-dealkylation sites (tertiary alicyclic amines) is 1. The molecule has 0 saturated carbocycles. The van der Waals surface area contributed by atoms with Crippen LogP contribution in [0.15, 0.2) is 48.8 Å². The van der Waals surface area contributed by atoms with Gasteiger partial charge in [-0.25, -0.2) is 19.6 Å². The van der Waals surface area contributed by atoms with E-state index in [4.69, 9.17) is 9.47 Å². The van der Waals surface area contributed by atoms with Gasteiger partial charge in [-0.3, -0.25) is 14.4 Å². The molecule has 2 aromatic heterocycles. The average Bonchev–Trinajstić information content (AvgIpc) is 4.04. The number of carbonyl (C=O) groups excluding carboxylic acids is 5. The van der Waals surface area contributed by atoms with Crippen molar-refractivity contribution in [1.82, 2.24) is 40.4 Å². The lowest BCUT2D eigenvalue weighted by Crippen LogP contribution is -2.52. The fraction of sp³-hybridized carbons (Fsp3) is 0.477. The number of imidazole rings is 2. The van der Waals surface area contributed by atoms with E-state index in [-0.39, 0.29) is 35.6 Å². The van der Waals surface area contributed by atoms with Crippen LogP contribution in [-0.4, -0.2) is 99.0 Å². The minimum absolute atomic E-state index is 0.145. The Kier molecular flexibility index (Phi) is 13.6. The summed E-state index contributed by atoms with van der Waals surface area (Å²) in [5.74, 6) is 0.287. The Labute approximate surface area is 350 Å². The van der Waals surface area contributed by atoms with Crippen molar-refractivity contribution in [2.45, 2.75) is 97.8 Å². The average molecular weight is 824 g/mol. The van der Waals surface area contributed by atoms with E-state index < -0.39 is 30.3 Å². The van der Waals surface area contributed by atoms with Gasteiger partial charge in [-0.1, -0.05) is 58.9 Å². The third kappa shape index (κ3) is 9.32. The number of aromatic nitrogens is 4. The van der Waals surface area contributed by atoms with Crippen LogP contribution < -0.4 is 16.0 Å². The molecule has 5 N–H and O–H groups in total. The first-order valence-corrected chi connectivity index (χ1v) is 20.7. The number of aromatic amines is 2. The molecule has 4 aromatic rings. The lowest BCUT2D eigenvalue weighted by Gasteiger charge is -2.33. The Hall–Kier alpha value is -6.19. The maximum atomic E-state index is 14.0. The van der Waals surface area contributed by atoms with Gasteiger partial charge in [0.2, 0.25) is 11.8 Å². The lowest BCUT2D eigenvalue weighted by atomic mass is 9.93. The Balaban J connectivity index is 1.18. The highest BCUT2D eigenvalue weighted by atomic mass is 16.5. The summed E-state index contributed by atoms with van der Waals surface area (Å²) in [5.41, 5.74) is 6.25. The topological polar surface area (TPSA) is 204 Å². The molecule has 60 heavy (non-hydrogen) atoms. The van der Waals surface area contributed by atoms with E-state index in [0.29, 0.717) is 55.3 Å². The van der Waals surface area contributed by atoms with E-state index in [9.17, 15) is 24.0 Å². The Bertz CT molecular complexity index is 2210. The monoisotopic (exact) mass is 823 g/mol. The van der Waals surface area contributed by atoms with Gasteiger partial charge >= 0.3 is 12.2 Å². The van der Waals surface area contributed by atoms with Crippen LogP contribution in [0.5, 0.6) is 0 Å². The minimum atomic E-state index is -0.765. The number of hydrogen-bond acceptors (Lipinski definition) is 9. The number of hydrogen-bond donors (Lipinski definition) is 5. The summed E-state index contributed by atoms with van der Waals surface area (Å²) in [4.78, 5) is 85.1. The molecule has 0 bridgehead atoms. The molecular formula is C44H57N9O7. The van der Waals surface area contributed by atoms with Crippen molar-refractivity contribution in [3.05, 3.63) is 77.1 Å². The lowest BCUT2D eigenvalue weighted by molar-refractivity contribution is -0.137. The zero-order valence-electron chi connectivity index (χ0n) is 35.7. The van der Waals surface area contributed by atoms with Gasteiger partial charge in [0.05, 0.1) is 50.1 Å². The maximum absolute atomic E-state index is 14.0. The molecule has 2 aliphatic heterocycles. The molecule has 0 radical (unpaired) electrons. The largest absolute Gasteiger partial charge is 0.453 e. The summed E-state index contributed by atoms with van der Waals surface area (Å²) < 4.78 is 9.54. The fourth-order valence-electron chi connectivity index (χ4n) is 8.01. The number of rotatable bonds is 13. The highest BCUT2D eigenvalue weighted by Crippen LogP contribution is 2.35. The second kappa shape index (κ2) is 18.8. The van der Waals surface area contributed by atoms with Crippen LogP contribution in [0, 0.1) is 11.8 Å². The first-order valence-electron chi connectivity index (χ1n) is 20.7. The van der Waals surface area contributed by atoms with Gasteiger partial charge in [0.25, 0.3) is 5.91 Å². The number of carbonyl (C=O) groups is 5. The molecule has 4 unspecified atom stereocenters. The Morgan fingerprint density at radius 2 is 1.47 bits per heavy atom. The summed E-state index contributed by atoms with van der Waals surface area (Å²) in [6, 6.07) is 9.59. The number of methoxy groups -OCH3 is 2. The Morgan fingerprint density at radius 1 is 0.850 bits per heavy atom. The third-order valence-corrected chi connectivity index (χ3v) is 11.4. The highest BCUT2D eigenvalue weighted by Gasteiger charge is 2.38. The molecule has 16 heteroatoms. The van der Waals surface area contributed by atoms with E-state index in [1.165, 1.54) is 14.2 Å². The van der Waals surface area contributed by atoms with E-state index in [1.807, 2.05) is 77.9 Å². The molecule has 2 aromatic carbocycles. The quantitative estimate of drug-likeness (QED) is 0.0992. The molecule has 6 rings (SSSR count). The van der Waals surface area contributed by atoms with Crippen LogP contribution in [0.1, 0.15) is 106 Å². The zero-order valence-corrected chi connectivity index (χ0v) is 35.7. The molecule has 5 amide bonds. The number of H-pyrrole nitrogens is 2. The molecule has 4 heterocycles. The van der Waals surface area contributed by atoms with Gasteiger partial charge in [0.15, 0.2) is 0 Å². The van der Waals surface area contributed by atoms with Gasteiger partial charge in [-0.15, -0.1) is 0 Å². The molecule has 16 nitrogen and oxygen atoms in total. The second-order valence-corrected chi connectivity index (χ2v) is 16.2. The first-order chi connectivity index (χ1) is 28.7. The summed E-state index contributed by atoms with van der Waals surface area (Å²) in [6.45, 7) is 12.4. The van der Waals surface area contributed by atoms with Crippen molar-refractivity contribution in [2.75, 3.05) is 32.6 Å². The van der Waals surface area contributed by atoms with Crippen molar-refractivity contribution in [3.63, 3.8) is 0 Å². The fourth-order valence-corrected chi connectivity index (χ4v) is 8.01. The molecule has 320 valence electrons. The summed E-state index contributed by atoms with van der Waals surface area (Å²) >= 11 is 0. The number of nitrogens with one attached hydrogen (secondary N) is 5.